The van der Waals surface area contributed by atoms with E-state index in [0.717, 1.165) is 12.3 Å². The van der Waals surface area contributed by atoms with Crippen molar-refractivity contribution in [2.75, 3.05) is 0 Å². The molecule has 0 radical (unpaired) electrons. The second-order valence-electron chi connectivity index (χ2n) is 4.43. The Morgan fingerprint density at radius 2 is 1.88 bits per heavy atom. The molecule has 0 aliphatic carbocycles. The molecule has 1 aromatic rings. The van der Waals surface area contributed by atoms with Crippen molar-refractivity contribution in [2.45, 2.75) is 32.5 Å². The summed E-state index contributed by atoms with van der Waals surface area (Å²) in [6.45, 7) is 4.87. The minimum Gasteiger partial charge on any atom is -0.455 e. The van der Waals surface area contributed by atoms with Gasteiger partial charge in [0.2, 0.25) is 0 Å². The highest BCUT2D eigenvalue weighted by atomic mass is 19.4. The average Bonchev–Trinajstić information content (AvgIpc) is 2.14. The Labute approximate surface area is 96.6 Å². The van der Waals surface area contributed by atoms with Gasteiger partial charge in [-0.2, -0.15) is 13.2 Å². The number of esters is 1. The summed E-state index contributed by atoms with van der Waals surface area (Å²) in [5.41, 5.74) is -2.05. The molecule has 6 heteroatoms. The van der Waals surface area contributed by atoms with Crippen LogP contribution in [-0.4, -0.2) is 16.6 Å². The van der Waals surface area contributed by atoms with Gasteiger partial charge in [-0.05, 0) is 32.9 Å². The van der Waals surface area contributed by atoms with E-state index in [1.807, 2.05) is 0 Å². The molecular weight excluding hydrogens is 235 g/mol. The summed E-state index contributed by atoms with van der Waals surface area (Å²) in [5, 5.41) is 0. The zero-order valence-electron chi connectivity index (χ0n) is 9.63. The first-order valence-electron chi connectivity index (χ1n) is 4.86. The van der Waals surface area contributed by atoms with E-state index in [0.29, 0.717) is 6.07 Å². The number of carbonyl (C=O) groups is 1. The van der Waals surface area contributed by atoms with E-state index in [4.69, 9.17) is 4.74 Å². The Balaban J connectivity index is 2.97. The molecule has 1 rings (SSSR count). The van der Waals surface area contributed by atoms with Crippen molar-refractivity contribution in [3.8, 4) is 0 Å². The standard InChI is InChI=1S/C11H12F3NO2/c1-10(2,3)17-9(16)8-6-7(4-5-15-8)11(12,13)14/h4-6H,1-3H3. The molecule has 0 spiro atoms. The van der Waals surface area contributed by atoms with Gasteiger partial charge in [0.1, 0.15) is 11.3 Å². The van der Waals surface area contributed by atoms with E-state index >= 15 is 0 Å². The molecule has 0 bridgehead atoms. The lowest BCUT2D eigenvalue weighted by Crippen LogP contribution is -2.24. The molecule has 0 N–H and O–H groups in total. The molecule has 1 aromatic heterocycles. The van der Waals surface area contributed by atoms with E-state index < -0.39 is 23.3 Å². The van der Waals surface area contributed by atoms with Crippen molar-refractivity contribution in [1.29, 1.82) is 0 Å². The molecule has 0 atom stereocenters. The van der Waals surface area contributed by atoms with E-state index in [9.17, 15) is 18.0 Å². The number of alkyl halides is 3. The van der Waals surface area contributed by atoms with Crippen LogP contribution >= 0.6 is 0 Å². The molecule has 0 amide bonds. The first-order valence-corrected chi connectivity index (χ1v) is 4.86. The normalized spacial score (nSPS) is 12.4. The molecule has 17 heavy (non-hydrogen) atoms. The minimum absolute atomic E-state index is 0.352. The third kappa shape index (κ3) is 4.05. The zero-order chi connectivity index (χ0) is 13.3. The van der Waals surface area contributed by atoms with Crippen LogP contribution in [-0.2, 0) is 10.9 Å². The Hall–Kier alpha value is -1.59. The number of hydrogen-bond donors (Lipinski definition) is 0. The maximum Gasteiger partial charge on any atom is 0.416 e. The molecule has 1 heterocycles. The van der Waals surface area contributed by atoms with Gasteiger partial charge in [-0.25, -0.2) is 9.78 Å². The third-order valence-corrected chi connectivity index (χ3v) is 1.70. The van der Waals surface area contributed by atoms with Crippen molar-refractivity contribution in [3.05, 3.63) is 29.6 Å². The van der Waals surface area contributed by atoms with Crippen molar-refractivity contribution in [1.82, 2.24) is 4.98 Å². The molecule has 0 fully saturated rings. The second kappa shape index (κ2) is 4.35. The van der Waals surface area contributed by atoms with Gasteiger partial charge in [0.05, 0.1) is 5.56 Å². The Morgan fingerprint density at radius 1 is 1.29 bits per heavy atom. The number of carbonyl (C=O) groups excluding carboxylic acids is 1. The van der Waals surface area contributed by atoms with E-state index in [1.165, 1.54) is 0 Å². The van der Waals surface area contributed by atoms with E-state index in [2.05, 4.69) is 4.98 Å². The second-order valence-corrected chi connectivity index (χ2v) is 4.43. The van der Waals surface area contributed by atoms with Crippen molar-refractivity contribution >= 4 is 5.97 Å². The van der Waals surface area contributed by atoms with Crippen molar-refractivity contribution in [2.24, 2.45) is 0 Å². The van der Waals surface area contributed by atoms with Gasteiger partial charge in [-0.1, -0.05) is 0 Å². The van der Waals surface area contributed by atoms with Gasteiger partial charge in [0.25, 0.3) is 0 Å². The minimum atomic E-state index is -4.50. The average molecular weight is 247 g/mol. The van der Waals surface area contributed by atoms with Crippen LogP contribution in [0.15, 0.2) is 18.3 Å². The van der Waals surface area contributed by atoms with Crippen LogP contribution in [0.4, 0.5) is 13.2 Å². The van der Waals surface area contributed by atoms with Gasteiger partial charge in [0.15, 0.2) is 0 Å². The number of aromatic nitrogens is 1. The van der Waals surface area contributed by atoms with Crippen LogP contribution in [0.2, 0.25) is 0 Å². The van der Waals surface area contributed by atoms with Crippen LogP contribution < -0.4 is 0 Å². The lowest BCUT2D eigenvalue weighted by molar-refractivity contribution is -0.137. The Morgan fingerprint density at radius 3 is 2.35 bits per heavy atom. The maximum atomic E-state index is 12.4. The highest BCUT2D eigenvalue weighted by Gasteiger charge is 2.31. The van der Waals surface area contributed by atoms with Gasteiger partial charge in [-0.15, -0.1) is 0 Å². The number of ether oxygens (including phenoxy) is 1. The topological polar surface area (TPSA) is 39.2 Å². The Bertz CT molecular complexity index is 421. The fourth-order valence-electron chi connectivity index (χ4n) is 1.05. The lowest BCUT2D eigenvalue weighted by atomic mass is 10.2. The molecule has 3 nitrogen and oxygen atoms in total. The maximum absolute atomic E-state index is 12.4. The number of pyridine rings is 1. The van der Waals surface area contributed by atoms with Crippen LogP contribution in [0.25, 0.3) is 0 Å². The lowest BCUT2D eigenvalue weighted by Gasteiger charge is -2.19. The van der Waals surface area contributed by atoms with Gasteiger partial charge in [-0.3, -0.25) is 0 Å². The SMILES string of the molecule is CC(C)(C)OC(=O)c1cc(C(F)(F)F)ccn1. The predicted octanol–water partition coefficient (Wildman–Crippen LogP) is 3.06. The molecule has 0 saturated heterocycles. The fourth-order valence-corrected chi connectivity index (χ4v) is 1.05. The van der Waals surface area contributed by atoms with Crippen LogP contribution in [0.5, 0.6) is 0 Å². The molecular formula is C11H12F3NO2. The number of nitrogens with zero attached hydrogens (tertiary/aromatic N) is 1. The molecule has 0 aromatic carbocycles. The van der Waals surface area contributed by atoms with Gasteiger partial charge >= 0.3 is 12.1 Å². The summed E-state index contributed by atoms with van der Waals surface area (Å²) in [7, 11) is 0. The fraction of sp³-hybridized carbons (Fsp3) is 0.455. The highest BCUT2D eigenvalue weighted by Crippen LogP contribution is 2.29. The molecule has 0 saturated carbocycles. The summed E-state index contributed by atoms with van der Waals surface area (Å²) < 4.78 is 42.1. The molecule has 0 aliphatic rings. The van der Waals surface area contributed by atoms with Gasteiger partial charge in [0, 0.05) is 6.20 Å². The summed E-state index contributed by atoms with van der Waals surface area (Å²) in [6.07, 6.45) is -3.57. The third-order valence-electron chi connectivity index (χ3n) is 1.70. The summed E-state index contributed by atoms with van der Waals surface area (Å²) in [6, 6.07) is 1.47. The summed E-state index contributed by atoms with van der Waals surface area (Å²) >= 11 is 0. The van der Waals surface area contributed by atoms with E-state index in [-0.39, 0.29) is 5.69 Å². The Kier molecular flexibility index (Phi) is 3.45. The number of halogens is 3. The van der Waals surface area contributed by atoms with Crippen molar-refractivity contribution in [3.63, 3.8) is 0 Å². The smallest absolute Gasteiger partial charge is 0.416 e. The van der Waals surface area contributed by atoms with Gasteiger partial charge < -0.3 is 4.74 Å². The van der Waals surface area contributed by atoms with Crippen LogP contribution in [0.1, 0.15) is 36.8 Å². The van der Waals surface area contributed by atoms with Crippen LogP contribution in [0.3, 0.4) is 0 Å². The highest BCUT2D eigenvalue weighted by molar-refractivity contribution is 5.87. The summed E-state index contributed by atoms with van der Waals surface area (Å²) in [5.74, 6) is -0.872. The molecule has 94 valence electrons. The number of hydrogen-bond acceptors (Lipinski definition) is 3. The molecule has 0 unspecified atom stereocenters. The molecule has 0 aliphatic heterocycles. The zero-order valence-corrected chi connectivity index (χ0v) is 9.63. The first-order chi connectivity index (χ1) is 7.59. The quantitative estimate of drug-likeness (QED) is 0.716. The van der Waals surface area contributed by atoms with Crippen LogP contribution in [0, 0.1) is 0 Å². The first kappa shape index (κ1) is 13.5. The predicted molar refractivity (Wildman–Crippen MR) is 54.4 cm³/mol. The summed E-state index contributed by atoms with van der Waals surface area (Å²) in [4.78, 5) is 15.0. The largest absolute Gasteiger partial charge is 0.455 e. The van der Waals surface area contributed by atoms with E-state index in [1.54, 1.807) is 20.8 Å². The monoisotopic (exact) mass is 247 g/mol. The number of rotatable bonds is 1. The van der Waals surface area contributed by atoms with Crippen molar-refractivity contribution < 1.29 is 22.7 Å².